The Balaban J connectivity index is 1.71. The summed E-state index contributed by atoms with van der Waals surface area (Å²) < 4.78 is 0. The molecule has 23 heavy (non-hydrogen) atoms. The van der Waals surface area contributed by atoms with Crippen molar-refractivity contribution in [3.05, 3.63) is 53.2 Å². The summed E-state index contributed by atoms with van der Waals surface area (Å²) in [5.41, 5.74) is 3.28. The zero-order chi connectivity index (χ0) is 16.3. The zero-order valence-corrected chi connectivity index (χ0v) is 13.6. The highest BCUT2D eigenvalue weighted by atomic mass is 16.1. The topological polar surface area (TPSA) is 66.9 Å². The molecule has 1 saturated carbocycles. The van der Waals surface area contributed by atoms with Gasteiger partial charge in [0.2, 0.25) is 0 Å². The fourth-order valence-electron chi connectivity index (χ4n) is 3.25. The Morgan fingerprint density at radius 3 is 2.52 bits per heavy atom. The largest absolute Gasteiger partial charge is 0.368 e. The summed E-state index contributed by atoms with van der Waals surface area (Å²) in [7, 11) is 1.58. The van der Waals surface area contributed by atoms with Gasteiger partial charge in [-0.2, -0.15) is 0 Å². The van der Waals surface area contributed by atoms with E-state index in [0.717, 1.165) is 6.54 Å². The summed E-state index contributed by atoms with van der Waals surface area (Å²) in [5, 5.41) is 14.0. The van der Waals surface area contributed by atoms with Crippen LogP contribution >= 0.6 is 0 Å². The van der Waals surface area contributed by atoms with Crippen molar-refractivity contribution in [1.29, 1.82) is 0 Å². The van der Waals surface area contributed by atoms with Crippen molar-refractivity contribution in [3.8, 4) is 0 Å². The molecule has 1 aliphatic carbocycles. The van der Waals surface area contributed by atoms with Crippen LogP contribution in [0.1, 0.15) is 40.9 Å². The van der Waals surface area contributed by atoms with Gasteiger partial charge in [-0.05, 0) is 43.0 Å². The van der Waals surface area contributed by atoms with E-state index in [9.17, 15) is 4.79 Å². The van der Waals surface area contributed by atoms with Gasteiger partial charge in [-0.15, -0.1) is 10.2 Å². The van der Waals surface area contributed by atoms with Gasteiger partial charge in [0.15, 0.2) is 5.69 Å². The Morgan fingerprint density at radius 1 is 1.17 bits per heavy atom. The van der Waals surface area contributed by atoms with Crippen LogP contribution in [0.4, 0.5) is 5.82 Å². The quantitative estimate of drug-likeness (QED) is 0.891. The number of carbonyl (C=O) groups is 1. The number of hydrogen-bond acceptors (Lipinski definition) is 4. The van der Waals surface area contributed by atoms with Crippen LogP contribution in [-0.2, 0) is 5.41 Å². The Kier molecular flexibility index (Phi) is 4.28. The van der Waals surface area contributed by atoms with Crippen LogP contribution in [0.2, 0.25) is 0 Å². The summed E-state index contributed by atoms with van der Waals surface area (Å²) in [6, 6.07) is 12.1. The van der Waals surface area contributed by atoms with Crippen molar-refractivity contribution < 1.29 is 4.79 Å². The fraction of sp³-hybridized carbons (Fsp3) is 0.389. The first-order valence-corrected chi connectivity index (χ1v) is 8.00. The average molecular weight is 310 g/mol. The van der Waals surface area contributed by atoms with E-state index < -0.39 is 0 Å². The average Bonchev–Trinajstić information content (AvgIpc) is 2.55. The molecule has 0 unspecified atom stereocenters. The molecular weight excluding hydrogens is 288 g/mol. The van der Waals surface area contributed by atoms with Gasteiger partial charge in [-0.3, -0.25) is 4.79 Å². The molecule has 1 amide bonds. The number of amides is 1. The molecule has 1 aliphatic rings. The lowest BCUT2D eigenvalue weighted by molar-refractivity contribution is 0.0957. The van der Waals surface area contributed by atoms with Crippen molar-refractivity contribution in [3.63, 3.8) is 0 Å². The van der Waals surface area contributed by atoms with E-state index in [4.69, 9.17) is 0 Å². The number of nitrogens with one attached hydrogen (secondary N) is 2. The number of aromatic nitrogens is 2. The van der Waals surface area contributed by atoms with E-state index in [1.54, 1.807) is 13.1 Å². The number of benzene rings is 1. The van der Waals surface area contributed by atoms with E-state index in [1.165, 1.54) is 30.4 Å². The van der Waals surface area contributed by atoms with Crippen LogP contribution in [0.5, 0.6) is 0 Å². The third kappa shape index (κ3) is 3.04. The first-order chi connectivity index (χ1) is 11.1. The molecule has 0 radical (unpaired) electrons. The molecule has 0 aliphatic heterocycles. The van der Waals surface area contributed by atoms with Crippen LogP contribution in [-0.4, -0.2) is 29.7 Å². The van der Waals surface area contributed by atoms with Gasteiger partial charge in [0.05, 0.1) is 0 Å². The van der Waals surface area contributed by atoms with Crippen LogP contribution < -0.4 is 10.6 Å². The summed E-state index contributed by atoms with van der Waals surface area (Å²) in [5.74, 6) is 0.483. The minimum atomic E-state index is -0.223. The van der Waals surface area contributed by atoms with Crippen molar-refractivity contribution in [1.82, 2.24) is 15.5 Å². The van der Waals surface area contributed by atoms with Crippen molar-refractivity contribution in [2.24, 2.45) is 0 Å². The lowest BCUT2D eigenvalue weighted by atomic mass is 9.63. The molecule has 1 heterocycles. The molecule has 1 aromatic heterocycles. The second-order valence-electron chi connectivity index (χ2n) is 6.19. The smallest absolute Gasteiger partial charge is 0.271 e. The highest BCUT2D eigenvalue weighted by Gasteiger charge is 2.39. The predicted molar refractivity (Wildman–Crippen MR) is 90.6 cm³/mol. The number of aryl methyl sites for hydroxylation is 1. The maximum absolute atomic E-state index is 11.5. The van der Waals surface area contributed by atoms with Gasteiger partial charge < -0.3 is 10.6 Å². The summed E-state index contributed by atoms with van der Waals surface area (Å²) in [6.07, 6.45) is 3.64. The fourth-order valence-corrected chi connectivity index (χ4v) is 3.25. The molecule has 0 atom stereocenters. The molecule has 2 N–H and O–H groups in total. The SMILES string of the molecule is CNC(=O)c1ccc(NCC2(c3ccccc3C)CCC2)nn1. The molecule has 5 nitrogen and oxygen atoms in total. The highest BCUT2D eigenvalue weighted by molar-refractivity contribution is 5.91. The first kappa shape index (κ1) is 15.5. The van der Waals surface area contributed by atoms with Crippen molar-refractivity contribution >= 4 is 11.7 Å². The standard InChI is InChI=1S/C18H22N4O/c1-13-6-3-4-7-14(13)18(10-5-11-18)12-20-16-9-8-15(21-22-16)17(23)19-2/h3-4,6-9H,5,10-12H2,1-2H3,(H,19,23)(H,20,22). The Bertz CT molecular complexity index is 692. The number of rotatable bonds is 5. The van der Waals surface area contributed by atoms with E-state index >= 15 is 0 Å². The van der Waals surface area contributed by atoms with Crippen molar-refractivity contribution in [2.75, 3.05) is 18.9 Å². The molecule has 0 spiro atoms. The maximum atomic E-state index is 11.5. The molecule has 120 valence electrons. The molecular formula is C18H22N4O. The predicted octanol–water partition coefficient (Wildman–Crippen LogP) is 2.68. The number of anilines is 1. The summed E-state index contributed by atoms with van der Waals surface area (Å²) in [4.78, 5) is 11.5. The maximum Gasteiger partial charge on any atom is 0.271 e. The third-order valence-electron chi connectivity index (χ3n) is 4.76. The molecule has 1 aromatic carbocycles. The monoisotopic (exact) mass is 310 g/mol. The van der Waals surface area contributed by atoms with Crippen LogP contribution in [0.15, 0.2) is 36.4 Å². The van der Waals surface area contributed by atoms with Gasteiger partial charge in [-0.25, -0.2) is 0 Å². The normalized spacial score (nSPS) is 15.6. The van der Waals surface area contributed by atoms with E-state index in [-0.39, 0.29) is 11.3 Å². The van der Waals surface area contributed by atoms with Gasteiger partial charge >= 0.3 is 0 Å². The van der Waals surface area contributed by atoms with E-state index in [2.05, 4.69) is 52.0 Å². The lowest BCUT2D eigenvalue weighted by Gasteiger charge is -2.43. The second kappa shape index (κ2) is 6.36. The van der Waals surface area contributed by atoms with Crippen LogP contribution in [0.3, 0.4) is 0 Å². The van der Waals surface area contributed by atoms with Gasteiger partial charge in [0.25, 0.3) is 5.91 Å². The minimum absolute atomic E-state index is 0.187. The molecule has 3 rings (SSSR count). The molecule has 2 aromatic rings. The second-order valence-corrected chi connectivity index (χ2v) is 6.19. The Hall–Kier alpha value is -2.43. The minimum Gasteiger partial charge on any atom is -0.368 e. The van der Waals surface area contributed by atoms with Gasteiger partial charge in [0.1, 0.15) is 5.82 Å². The molecule has 0 bridgehead atoms. The summed E-state index contributed by atoms with van der Waals surface area (Å²) >= 11 is 0. The Labute approximate surface area is 136 Å². The zero-order valence-electron chi connectivity index (χ0n) is 13.6. The van der Waals surface area contributed by atoms with Crippen molar-refractivity contribution in [2.45, 2.75) is 31.6 Å². The first-order valence-electron chi connectivity index (χ1n) is 8.00. The van der Waals surface area contributed by atoms with Gasteiger partial charge in [-0.1, -0.05) is 30.7 Å². The molecule has 5 heteroatoms. The molecule has 0 saturated heterocycles. The van der Waals surface area contributed by atoms with E-state index in [0.29, 0.717) is 11.5 Å². The summed E-state index contributed by atoms with van der Waals surface area (Å²) in [6.45, 7) is 3.01. The third-order valence-corrected chi connectivity index (χ3v) is 4.76. The molecule has 1 fully saturated rings. The number of carbonyl (C=O) groups excluding carboxylic acids is 1. The Morgan fingerprint density at radius 2 is 1.96 bits per heavy atom. The van der Waals surface area contributed by atoms with E-state index in [1.807, 2.05) is 6.07 Å². The number of hydrogen-bond donors (Lipinski definition) is 2. The van der Waals surface area contributed by atoms with Gasteiger partial charge in [0, 0.05) is 19.0 Å². The van der Waals surface area contributed by atoms with Crippen LogP contribution in [0, 0.1) is 6.92 Å². The van der Waals surface area contributed by atoms with Crippen LogP contribution in [0.25, 0.3) is 0 Å². The lowest BCUT2D eigenvalue weighted by Crippen LogP contribution is -2.41. The number of nitrogens with zero attached hydrogens (tertiary/aromatic N) is 2. The highest BCUT2D eigenvalue weighted by Crippen LogP contribution is 2.44.